The summed E-state index contributed by atoms with van der Waals surface area (Å²) in [4.78, 5) is 0. The zero-order valence-corrected chi connectivity index (χ0v) is 16.1. The first-order valence-electron chi connectivity index (χ1n) is 9.88. The summed E-state index contributed by atoms with van der Waals surface area (Å²) in [5, 5.41) is 0. The lowest BCUT2D eigenvalue weighted by molar-refractivity contribution is 0.00370. The molecule has 1 heterocycles. The molecule has 5 rings (SSSR count). The molecular weight excluding hydrogens is 356 g/mol. The quantitative estimate of drug-likeness (QED) is 0.442. The highest BCUT2D eigenvalue weighted by Crippen LogP contribution is 2.57. The SMILES string of the molecule is c1ccc(C2(c3ccccc3)OCOC2(c2ccccc2)c2ccccc2)cc1. The molecule has 0 spiro atoms. The van der Waals surface area contributed by atoms with Crippen LogP contribution in [0, 0.1) is 0 Å². The zero-order chi connectivity index (χ0) is 19.6. The third-order valence-corrected chi connectivity index (χ3v) is 5.77. The number of hydrogen-bond acceptors (Lipinski definition) is 2. The van der Waals surface area contributed by atoms with Gasteiger partial charge in [0.2, 0.25) is 0 Å². The Morgan fingerprint density at radius 1 is 0.379 bits per heavy atom. The minimum atomic E-state index is -0.821. The molecule has 2 heteroatoms. The van der Waals surface area contributed by atoms with E-state index < -0.39 is 11.2 Å². The van der Waals surface area contributed by atoms with Crippen molar-refractivity contribution in [3.63, 3.8) is 0 Å². The van der Waals surface area contributed by atoms with Gasteiger partial charge in [0.25, 0.3) is 0 Å². The highest BCUT2D eigenvalue weighted by atomic mass is 16.7. The third kappa shape index (κ3) is 2.65. The van der Waals surface area contributed by atoms with Crippen LogP contribution in [0.4, 0.5) is 0 Å². The molecule has 0 saturated carbocycles. The van der Waals surface area contributed by atoms with Gasteiger partial charge in [-0.3, -0.25) is 0 Å². The lowest BCUT2D eigenvalue weighted by atomic mass is 9.66. The lowest BCUT2D eigenvalue weighted by Gasteiger charge is -2.44. The van der Waals surface area contributed by atoms with Gasteiger partial charge in [-0.05, 0) is 22.3 Å². The van der Waals surface area contributed by atoms with E-state index in [0.717, 1.165) is 22.3 Å². The van der Waals surface area contributed by atoms with Crippen LogP contribution >= 0.6 is 0 Å². The highest BCUT2D eigenvalue weighted by molar-refractivity contribution is 5.52. The third-order valence-electron chi connectivity index (χ3n) is 5.77. The molecule has 2 nitrogen and oxygen atoms in total. The summed E-state index contributed by atoms with van der Waals surface area (Å²) in [6.07, 6.45) is 0. The van der Waals surface area contributed by atoms with E-state index in [1.807, 2.05) is 24.3 Å². The molecule has 0 N–H and O–H groups in total. The van der Waals surface area contributed by atoms with Gasteiger partial charge < -0.3 is 9.47 Å². The molecule has 0 amide bonds. The van der Waals surface area contributed by atoms with E-state index in [9.17, 15) is 0 Å². The normalized spacial score (nSPS) is 17.1. The highest BCUT2D eigenvalue weighted by Gasteiger charge is 2.62. The van der Waals surface area contributed by atoms with Crippen LogP contribution in [0.5, 0.6) is 0 Å². The predicted molar refractivity (Wildman–Crippen MR) is 114 cm³/mol. The van der Waals surface area contributed by atoms with E-state index >= 15 is 0 Å². The molecular formula is C27H22O2. The smallest absolute Gasteiger partial charge is 0.158 e. The maximum atomic E-state index is 6.62. The van der Waals surface area contributed by atoms with Crippen molar-refractivity contribution in [2.45, 2.75) is 11.2 Å². The second kappa shape index (κ2) is 7.32. The predicted octanol–water partition coefficient (Wildman–Crippen LogP) is 5.88. The van der Waals surface area contributed by atoms with Crippen molar-refractivity contribution in [1.82, 2.24) is 0 Å². The van der Waals surface area contributed by atoms with Gasteiger partial charge in [-0.15, -0.1) is 0 Å². The van der Waals surface area contributed by atoms with Crippen molar-refractivity contribution >= 4 is 0 Å². The van der Waals surface area contributed by atoms with Crippen molar-refractivity contribution in [2.24, 2.45) is 0 Å². The van der Waals surface area contributed by atoms with Crippen LogP contribution in [-0.4, -0.2) is 6.79 Å². The van der Waals surface area contributed by atoms with E-state index in [4.69, 9.17) is 9.47 Å². The van der Waals surface area contributed by atoms with Crippen molar-refractivity contribution < 1.29 is 9.47 Å². The van der Waals surface area contributed by atoms with Crippen molar-refractivity contribution in [1.29, 1.82) is 0 Å². The molecule has 0 aromatic heterocycles. The average Bonchev–Trinajstić information content (AvgIpc) is 3.24. The largest absolute Gasteiger partial charge is 0.336 e. The van der Waals surface area contributed by atoms with E-state index in [2.05, 4.69) is 97.1 Å². The summed E-state index contributed by atoms with van der Waals surface area (Å²) >= 11 is 0. The number of ether oxygens (including phenoxy) is 2. The second-order valence-electron chi connectivity index (χ2n) is 7.23. The summed E-state index contributed by atoms with van der Waals surface area (Å²) in [5.41, 5.74) is 2.62. The van der Waals surface area contributed by atoms with Crippen LogP contribution in [0.3, 0.4) is 0 Å². The van der Waals surface area contributed by atoms with Crippen LogP contribution in [0.1, 0.15) is 22.3 Å². The van der Waals surface area contributed by atoms with Crippen LogP contribution in [0.15, 0.2) is 121 Å². The topological polar surface area (TPSA) is 18.5 Å². The monoisotopic (exact) mass is 378 g/mol. The Bertz CT molecular complexity index is 893. The Morgan fingerprint density at radius 3 is 0.862 bits per heavy atom. The molecule has 0 atom stereocenters. The van der Waals surface area contributed by atoms with Gasteiger partial charge in [-0.1, -0.05) is 121 Å². The zero-order valence-electron chi connectivity index (χ0n) is 16.1. The summed E-state index contributed by atoms with van der Waals surface area (Å²) in [5.74, 6) is 0. The fourth-order valence-corrected chi connectivity index (χ4v) is 4.58. The van der Waals surface area contributed by atoms with Crippen molar-refractivity contribution in [3.05, 3.63) is 144 Å². The van der Waals surface area contributed by atoms with Crippen LogP contribution in [0.25, 0.3) is 0 Å². The van der Waals surface area contributed by atoms with Gasteiger partial charge in [-0.25, -0.2) is 0 Å². The van der Waals surface area contributed by atoms with E-state index in [1.165, 1.54) is 0 Å². The maximum Gasteiger partial charge on any atom is 0.158 e. The summed E-state index contributed by atoms with van der Waals surface area (Å²) in [6.45, 7) is 0.202. The first-order valence-corrected chi connectivity index (χ1v) is 9.88. The minimum absolute atomic E-state index is 0.202. The first kappa shape index (κ1) is 17.9. The minimum Gasteiger partial charge on any atom is -0.336 e. The average molecular weight is 378 g/mol. The van der Waals surface area contributed by atoms with E-state index in [-0.39, 0.29) is 6.79 Å². The van der Waals surface area contributed by atoms with Crippen molar-refractivity contribution in [2.75, 3.05) is 6.79 Å². The molecule has 0 bridgehead atoms. The Labute approximate surface area is 171 Å². The maximum absolute atomic E-state index is 6.62. The second-order valence-corrected chi connectivity index (χ2v) is 7.23. The van der Waals surface area contributed by atoms with E-state index in [1.54, 1.807) is 0 Å². The van der Waals surface area contributed by atoms with Gasteiger partial charge in [0, 0.05) is 0 Å². The van der Waals surface area contributed by atoms with Crippen LogP contribution in [0.2, 0.25) is 0 Å². The first-order chi connectivity index (χ1) is 14.4. The van der Waals surface area contributed by atoms with Gasteiger partial charge in [0.05, 0.1) is 0 Å². The van der Waals surface area contributed by atoms with Crippen LogP contribution < -0.4 is 0 Å². The number of rotatable bonds is 4. The fraction of sp³-hybridized carbons (Fsp3) is 0.111. The molecule has 1 saturated heterocycles. The summed E-state index contributed by atoms with van der Waals surface area (Å²) in [6, 6.07) is 41.6. The van der Waals surface area contributed by atoms with Gasteiger partial charge >= 0.3 is 0 Å². The Hall–Kier alpha value is -3.20. The molecule has 142 valence electrons. The summed E-state index contributed by atoms with van der Waals surface area (Å²) in [7, 11) is 0. The standard InChI is InChI=1S/C27H22O2/c1-5-13-22(14-6-1)26(23-15-7-2-8-16-23)27(29-21-28-26,24-17-9-3-10-18-24)25-19-11-4-12-20-25/h1-20H,21H2. The molecule has 0 radical (unpaired) electrons. The summed E-state index contributed by atoms with van der Waals surface area (Å²) < 4.78 is 13.2. The van der Waals surface area contributed by atoms with Gasteiger partial charge in [-0.2, -0.15) is 0 Å². The Kier molecular flexibility index (Phi) is 4.51. The van der Waals surface area contributed by atoms with E-state index in [0.29, 0.717) is 0 Å². The Morgan fingerprint density at radius 2 is 0.621 bits per heavy atom. The van der Waals surface area contributed by atoms with Crippen LogP contribution in [-0.2, 0) is 20.7 Å². The molecule has 4 aromatic rings. The fourth-order valence-electron chi connectivity index (χ4n) is 4.58. The van der Waals surface area contributed by atoms with Gasteiger partial charge in [0.1, 0.15) is 6.79 Å². The molecule has 1 aliphatic rings. The molecule has 4 aromatic carbocycles. The molecule has 1 fully saturated rings. The molecule has 29 heavy (non-hydrogen) atoms. The van der Waals surface area contributed by atoms with Crippen molar-refractivity contribution in [3.8, 4) is 0 Å². The molecule has 0 aliphatic carbocycles. The number of benzene rings is 4. The number of hydrogen-bond donors (Lipinski definition) is 0. The Balaban J connectivity index is 1.90. The van der Waals surface area contributed by atoms with Gasteiger partial charge in [0.15, 0.2) is 11.2 Å². The lowest BCUT2D eigenvalue weighted by Crippen LogP contribution is -2.48. The molecule has 1 aliphatic heterocycles. The molecule has 0 unspecified atom stereocenters.